The number of sulfonamides is 1. The van der Waals surface area contributed by atoms with Crippen molar-refractivity contribution in [1.82, 2.24) is 14.6 Å². The molecule has 1 aromatic carbocycles. The summed E-state index contributed by atoms with van der Waals surface area (Å²) in [5, 5.41) is 3.63. The standard InChI is InChI=1S/C19H22ClN3O3S/c1-14(16-4-2-5-17(20)12-16)22-19(24)15-7-10-23(11-8-15)27(25,26)18-6-3-9-21-13-18/h2-6,9,12-15H,7-8,10-11H2,1H3,(H,22,24). The number of carbonyl (C=O) groups excluding carboxylic acids is 1. The van der Waals surface area contributed by atoms with Crippen molar-refractivity contribution in [3.8, 4) is 0 Å². The van der Waals surface area contributed by atoms with Gasteiger partial charge in [-0.25, -0.2) is 8.42 Å². The predicted molar refractivity (Wildman–Crippen MR) is 104 cm³/mol. The van der Waals surface area contributed by atoms with E-state index in [0.717, 1.165) is 5.56 Å². The Balaban J connectivity index is 1.58. The second-order valence-electron chi connectivity index (χ2n) is 6.65. The summed E-state index contributed by atoms with van der Waals surface area (Å²) in [5.41, 5.74) is 0.937. The van der Waals surface area contributed by atoms with Crippen LogP contribution in [-0.2, 0) is 14.8 Å². The van der Waals surface area contributed by atoms with Gasteiger partial charge in [-0.1, -0.05) is 23.7 Å². The van der Waals surface area contributed by atoms with Crippen LogP contribution in [0.3, 0.4) is 0 Å². The van der Waals surface area contributed by atoms with Gasteiger partial charge in [0.2, 0.25) is 15.9 Å². The largest absolute Gasteiger partial charge is 0.349 e. The van der Waals surface area contributed by atoms with Crippen molar-refractivity contribution in [2.75, 3.05) is 13.1 Å². The van der Waals surface area contributed by atoms with Crippen molar-refractivity contribution >= 4 is 27.5 Å². The minimum atomic E-state index is -3.56. The Labute approximate surface area is 164 Å². The van der Waals surface area contributed by atoms with E-state index in [-0.39, 0.29) is 22.8 Å². The van der Waals surface area contributed by atoms with Crippen LogP contribution in [0.25, 0.3) is 0 Å². The Morgan fingerprint density at radius 3 is 2.63 bits per heavy atom. The third kappa shape index (κ3) is 4.66. The van der Waals surface area contributed by atoms with E-state index in [9.17, 15) is 13.2 Å². The second kappa shape index (κ2) is 8.37. The molecule has 8 heteroatoms. The molecule has 1 saturated heterocycles. The zero-order valence-electron chi connectivity index (χ0n) is 15.0. The number of rotatable bonds is 5. The third-order valence-corrected chi connectivity index (χ3v) is 6.92. The normalized spacial score (nSPS) is 17.4. The SMILES string of the molecule is CC(NC(=O)C1CCN(S(=O)(=O)c2cccnc2)CC1)c1cccc(Cl)c1. The van der Waals surface area contributed by atoms with E-state index in [4.69, 9.17) is 11.6 Å². The van der Waals surface area contributed by atoms with Crippen molar-refractivity contribution in [3.05, 3.63) is 59.4 Å². The molecule has 27 heavy (non-hydrogen) atoms. The first-order valence-electron chi connectivity index (χ1n) is 8.84. The molecule has 144 valence electrons. The van der Waals surface area contributed by atoms with Gasteiger partial charge in [0.15, 0.2) is 0 Å². The molecule has 1 amide bonds. The van der Waals surface area contributed by atoms with Crippen molar-refractivity contribution in [1.29, 1.82) is 0 Å². The van der Waals surface area contributed by atoms with E-state index in [2.05, 4.69) is 10.3 Å². The van der Waals surface area contributed by atoms with Gasteiger partial charge in [-0.2, -0.15) is 4.31 Å². The van der Waals surface area contributed by atoms with Crippen molar-refractivity contribution in [3.63, 3.8) is 0 Å². The number of carbonyl (C=O) groups is 1. The lowest BCUT2D eigenvalue weighted by atomic mass is 9.96. The molecule has 1 aliphatic heterocycles. The smallest absolute Gasteiger partial charge is 0.244 e. The number of pyridine rings is 1. The van der Waals surface area contributed by atoms with Gasteiger partial charge >= 0.3 is 0 Å². The van der Waals surface area contributed by atoms with Crippen LogP contribution in [0.4, 0.5) is 0 Å². The van der Waals surface area contributed by atoms with Gasteiger partial charge in [0.25, 0.3) is 0 Å². The predicted octanol–water partition coefficient (Wildman–Crippen LogP) is 3.01. The highest BCUT2D eigenvalue weighted by molar-refractivity contribution is 7.89. The van der Waals surface area contributed by atoms with Crippen molar-refractivity contribution in [2.24, 2.45) is 5.92 Å². The number of benzene rings is 1. The van der Waals surface area contributed by atoms with E-state index in [0.29, 0.717) is 31.0 Å². The summed E-state index contributed by atoms with van der Waals surface area (Å²) in [4.78, 5) is 16.6. The fourth-order valence-corrected chi connectivity index (χ4v) is 4.83. The molecule has 3 rings (SSSR count). The van der Waals surface area contributed by atoms with E-state index in [1.54, 1.807) is 12.1 Å². The lowest BCUT2D eigenvalue weighted by Gasteiger charge is -2.31. The summed E-state index contributed by atoms with van der Waals surface area (Å²) in [6.07, 6.45) is 3.87. The molecule has 1 N–H and O–H groups in total. The van der Waals surface area contributed by atoms with E-state index < -0.39 is 10.0 Å². The van der Waals surface area contributed by atoms with E-state index in [1.165, 1.54) is 22.8 Å². The van der Waals surface area contributed by atoms with Gasteiger partial charge in [0, 0.05) is 36.4 Å². The molecule has 2 heterocycles. The number of nitrogens with one attached hydrogen (secondary N) is 1. The highest BCUT2D eigenvalue weighted by Crippen LogP contribution is 2.25. The highest BCUT2D eigenvalue weighted by Gasteiger charge is 2.32. The summed E-state index contributed by atoms with van der Waals surface area (Å²) in [6, 6.07) is 10.4. The number of nitrogens with zero attached hydrogens (tertiary/aromatic N) is 2. The minimum absolute atomic E-state index is 0.0547. The average molecular weight is 408 g/mol. The minimum Gasteiger partial charge on any atom is -0.349 e. The number of amides is 1. The lowest BCUT2D eigenvalue weighted by Crippen LogP contribution is -2.43. The lowest BCUT2D eigenvalue weighted by molar-refractivity contribution is -0.126. The quantitative estimate of drug-likeness (QED) is 0.826. The number of hydrogen-bond donors (Lipinski definition) is 1. The molecular weight excluding hydrogens is 386 g/mol. The van der Waals surface area contributed by atoms with Crippen LogP contribution >= 0.6 is 11.6 Å². The molecule has 2 aromatic rings. The van der Waals surface area contributed by atoms with Gasteiger partial charge in [0.05, 0.1) is 6.04 Å². The Bertz CT molecular complexity index is 897. The molecule has 0 bridgehead atoms. The average Bonchev–Trinajstić information content (AvgIpc) is 2.68. The summed E-state index contributed by atoms with van der Waals surface area (Å²) in [6.45, 7) is 2.55. The first-order chi connectivity index (χ1) is 12.9. The van der Waals surface area contributed by atoms with Gasteiger partial charge in [-0.3, -0.25) is 9.78 Å². The third-order valence-electron chi connectivity index (χ3n) is 4.80. The number of hydrogen-bond acceptors (Lipinski definition) is 4. The molecule has 1 aliphatic rings. The Morgan fingerprint density at radius 2 is 2.00 bits per heavy atom. The Kier molecular flexibility index (Phi) is 6.14. The maximum absolute atomic E-state index is 12.6. The number of halogens is 1. The van der Waals surface area contributed by atoms with Crippen LogP contribution in [0.1, 0.15) is 31.4 Å². The molecular formula is C19H22ClN3O3S. The van der Waals surface area contributed by atoms with Gasteiger partial charge in [-0.15, -0.1) is 0 Å². The topological polar surface area (TPSA) is 79.4 Å². The number of aromatic nitrogens is 1. The van der Waals surface area contributed by atoms with Gasteiger partial charge in [-0.05, 0) is 49.6 Å². The molecule has 6 nitrogen and oxygen atoms in total. The fourth-order valence-electron chi connectivity index (χ4n) is 3.20. The van der Waals surface area contributed by atoms with Gasteiger partial charge < -0.3 is 5.32 Å². The molecule has 1 fully saturated rings. The van der Waals surface area contributed by atoms with Crippen LogP contribution in [0.2, 0.25) is 5.02 Å². The molecule has 0 radical (unpaired) electrons. The summed E-state index contributed by atoms with van der Waals surface area (Å²) >= 11 is 6.00. The maximum atomic E-state index is 12.6. The van der Waals surface area contributed by atoms with Crippen LogP contribution < -0.4 is 5.32 Å². The molecule has 1 atom stereocenters. The second-order valence-corrected chi connectivity index (χ2v) is 9.03. The monoisotopic (exact) mass is 407 g/mol. The molecule has 1 aromatic heterocycles. The molecule has 0 saturated carbocycles. The van der Waals surface area contributed by atoms with Crippen molar-refractivity contribution < 1.29 is 13.2 Å². The van der Waals surface area contributed by atoms with Crippen LogP contribution in [0.15, 0.2) is 53.7 Å². The zero-order valence-corrected chi connectivity index (χ0v) is 16.6. The highest BCUT2D eigenvalue weighted by atomic mass is 35.5. The Hall–Kier alpha value is -1.96. The fraction of sp³-hybridized carbons (Fsp3) is 0.368. The summed E-state index contributed by atoms with van der Waals surface area (Å²) < 4.78 is 26.7. The van der Waals surface area contributed by atoms with Crippen LogP contribution in [0.5, 0.6) is 0 Å². The summed E-state index contributed by atoms with van der Waals surface area (Å²) in [5.74, 6) is -0.257. The molecule has 0 spiro atoms. The van der Waals surface area contributed by atoms with E-state index >= 15 is 0 Å². The zero-order chi connectivity index (χ0) is 19.4. The molecule has 0 aliphatic carbocycles. The Morgan fingerprint density at radius 1 is 1.26 bits per heavy atom. The number of piperidine rings is 1. The van der Waals surface area contributed by atoms with Crippen molar-refractivity contribution in [2.45, 2.75) is 30.7 Å². The van der Waals surface area contributed by atoms with E-state index in [1.807, 2.05) is 25.1 Å². The van der Waals surface area contributed by atoms with Crippen LogP contribution in [-0.4, -0.2) is 36.7 Å². The molecule has 1 unspecified atom stereocenters. The van der Waals surface area contributed by atoms with Crippen LogP contribution in [0, 0.1) is 5.92 Å². The first kappa shape index (κ1) is 19.8. The first-order valence-corrected chi connectivity index (χ1v) is 10.7. The summed E-state index contributed by atoms with van der Waals surface area (Å²) in [7, 11) is -3.56. The van der Waals surface area contributed by atoms with Gasteiger partial charge in [0.1, 0.15) is 4.90 Å². The maximum Gasteiger partial charge on any atom is 0.244 e.